The number of hydrogen-bond donors (Lipinski definition) is 8. The van der Waals surface area contributed by atoms with Gasteiger partial charge in [-0.2, -0.15) is 9.97 Å². The lowest BCUT2D eigenvalue weighted by Crippen LogP contribution is -2.45. The van der Waals surface area contributed by atoms with Crippen molar-refractivity contribution in [2.24, 2.45) is 5.73 Å². The summed E-state index contributed by atoms with van der Waals surface area (Å²) in [6.45, 7) is 24.4. The maximum Gasteiger partial charge on any atom is 0.419 e. The Morgan fingerprint density at radius 2 is 0.800 bits per heavy atom. The lowest BCUT2D eigenvalue weighted by atomic mass is 10.0. The number of anilines is 6. The molecule has 718 valence electrons. The highest BCUT2D eigenvalue weighted by atomic mass is 127. The molecule has 11 heterocycles. The number of morpholine rings is 3. The summed E-state index contributed by atoms with van der Waals surface area (Å²) in [7, 11) is 4.33. The van der Waals surface area contributed by atoms with Gasteiger partial charge in [0.25, 0.3) is 11.5 Å². The number of nitrogens with two attached hydrogens (primary N) is 2. The summed E-state index contributed by atoms with van der Waals surface area (Å²) in [4.78, 5) is 114. The molecule has 14 aromatic rings. The molecule has 8 aromatic carbocycles. The third kappa shape index (κ3) is 33.4. The van der Waals surface area contributed by atoms with Crippen molar-refractivity contribution in [1.82, 2.24) is 79.3 Å². The molecule has 10 N–H and O–H groups in total. The molecular weight excluding hydrogens is 2410 g/mol. The number of benzene rings is 8. The van der Waals surface area contributed by atoms with E-state index in [2.05, 4.69) is 305 Å². The van der Waals surface area contributed by atoms with Crippen LogP contribution in [0.25, 0.3) is 76.5 Å². The van der Waals surface area contributed by atoms with E-state index in [-0.39, 0.29) is 31.0 Å². The Kier molecular flexibility index (Phi) is 44.7. The number of aromatic nitrogens is 11. The Morgan fingerprint density at radius 3 is 1.26 bits per heavy atom. The van der Waals surface area contributed by atoms with Crippen LogP contribution < -0.4 is 59.8 Å². The molecule has 5 aliphatic heterocycles. The first-order valence-corrected chi connectivity index (χ1v) is 51.1. The number of aromatic amines is 3. The number of likely N-dealkylation sites (N-methyl/N-ethyl adjacent to an activating group) is 2. The first kappa shape index (κ1) is 109. The van der Waals surface area contributed by atoms with Gasteiger partial charge in [0.15, 0.2) is 0 Å². The minimum absolute atomic E-state index is 0. The van der Waals surface area contributed by atoms with Gasteiger partial charge in [-0.15, -0.1) is 0 Å². The molecule has 5 fully saturated rings. The number of ether oxygens (including phenoxy) is 3. The lowest BCUT2D eigenvalue weighted by molar-refractivity contribution is 0.0398. The van der Waals surface area contributed by atoms with Crippen molar-refractivity contribution >= 4 is 282 Å². The van der Waals surface area contributed by atoms with Gasteiger partial charge in [-0.3, -0.25) is 34.3 Å². The van der Waals surface area contributed by atoms with E-state index >= 15 is 0 Å². The number of nitrogens with one attached hydrogen (secondary N) is 6. The zero-order valence-corrected chi connectivity index (χ0v) is 88.4. The van der Waals surface area contributed by atoms with Crippen LogP contribution in [0, 0.1) is 0 Å². The van der Waals surface area contributed by atoms with Gasteiger partial charge in [0.2, 0.25) is 22.5 Å². The second-order valence-electron chi connectivity index (χ2n) is 30.5. The zero-order valence-electron chi connectivity index (χ0n) is 72.3. The maximum absolute atomic E-state index is 11.3. The quantitative estimate of drug-likeness (QED) is 0.0146. The monoisotopic (exact) mass is 2510 g/mol. The highest BCUT2D eigenvalue weighted by Crippen LogP contribution is 2.33. The molecule has 6 aromatic heterocycles. The predicted molar refractivity (Wildman–Crippen MR) is 586 cm³/mol. The van der Waals surface area contributed by atoms with Crippen molar-refractivity contribution in [3.63, 3.8) is 0 Å². The van der Waals surface area contributed by atoms with E-state index in [0.29, 0.717) is 38.2 Å². The second kappa shape index (κ2) is 55.2. The number of fused-ring (bicyclic) bond motifs is 6. The van der Waals surface area contributed by atoms with Crippen LogP contribution in [0.1, 0.15) is 25.2 Å². The summed E-state index contributed by atoms with van der Waals surface area (Å²) in [5.41, 5.74) is 16.7. The fourth-order valence-corrected chi connectivity index (χ4v) is 17.0. The molecule has 32 nitrogen and oxygen atoms in total. The first-order valence-electron chi connectivity index (χ1n) is 42.2. The Morgan fingerprint density at radius 1 is 0.422 bits per heavy atom. The summed E-state index contributed by atoms with van der Waals surface area (Å²) >= 11 is 42.1. The number of H-pyrrole nitrogens is 3. The van der Waals surface area contributed by atoms with E-state index in [0.717, 1.165) is 270 Å². The third-order valence-corrected chi connectivity index (χ3v) is 24.9. The van der Waals surface area contributed by atoms with E-state index < -0.39 is 23.0 Å². The van der Waals surface area contributed by atoms with Crippen molar-refractivity contribution in [3.8, 4) is 11.1 Å². The van der Waals surface area contributed by atoms with Gasteiger partial charge in [-0.1, -0.05) is 204 Å². The van der Waals surface area contributed by atoms with Gasteiger partial charge < -0.3 is 70.6 Å². The molecule has 19 rings (SSSR count). The third-order valence-electron chi connectivity index (χ3n) is 21.3. The van der Waals surface area contributed by atoms with E-state index in [1.54, 1.807) is 54.6 Å². The molecule has 0 atom stereocenters. The fourth-order valence-electron chi connectivity index (χ4n) is 14.2. The van der Waals surface area contributed by atoms with Crippen LogP contribution in [0.5, 0.6) is 0 Å². The summed E-state index contributed by atoms with van der Waals surface area (Å²) in [6, 6.07) is 49.7. The van der Waals surface area contributed by atoms with Gasteiger partial charge in [-0.05, 0) is 170 Å². The van der Waals surface area contributed by atoms with E-state index in [1.165, 1.54) is 13.6 Å². The normalized spacial score (nSPS) is 14.7. The average molecular weight is 2520 g/mol. The Labute approximate surface area is 873 Å². The van der Waals surface area contributed by atoms with Gasteiger partial charge >= 0.3 is 17.1 Å². The van der Waals surface area contributed by atoms with Crippen LogP contribution >= 0.6 is 176 Å². The molecule has 43 heteroatoms. The Hall–Kier alpha value is -7.84. The predicted octanol–water partition coefficient (Wildman–Crippen LogP) is 17.6. The molecule has 0 aliphatic carbocycles. The largest absolute Gasteiger partial charge is 0.419 e. The van der Waals surface area contributed by atoms with Gasteiger partial charge in [-0.25, -0.2) is 44.3 Å². The number of nitrogens with zero attached hydrogens (tertiary/aromatic N) is 15. The molecule has 5 saturated heterocycles. The fraction of sp³-hybridized carbons (Fsp3) is 0.337. The number of hydrogen-bond acceptors (Lipinski definition) is 28. The Bertz CT molecular complexity index is 6420. The molecular formula is C92H104Br6Cl3I2N23O9. The van der Waals surface area contributed by atoms with Crippen LogP contribution in [-0.2, 0) is 14.2 Å². The number of nitrogen functional groups attached to an aromatic ring is 1. The number of amides is 1. The summed E-state index contributed by atoms with van der Waals surface area (Å²) in [5.74, 6) is 3.03. The first-order chi connectivity index (χ1) is 64.2. The number of rotatable bonds is 16. The highest BCUT2D eigenvalue weighted by molar-refractivity contribution is 14.2. The van der Waals surface area contributed by atoms with Gasteiger partial charge in [0.1, 0.15) is 22.6 Å². The number of primary amides is 1. The van der Waals surface area contributed by atoms with Crippen LogP contribution in [0.15, 0.2) is 208 Å². The number of alkyl halides is 2. The number of halogens is 11. The van der Waals surface area contributed by atoms with Crippen molar-refractivity contribution in [2.75, 3.05) is 219 Å². The number of carbonyl (C=O) groups is 1. The minimum Gasteiger partial charge on any atom is -0.398 e. The summed E-state index contributed by atoms with van der Waals surface area (Å²) < 4.78 is 27.1. The molecule has 135 heavy (non-hydrogen) atoms. The number of piperazine rings is 2. The average Bonchev–Trinajstić information content (AvgIpc) is 0.768. The van der Waals surface area contributed by atoms with Crippen LogP contribution in [0.3, 0.4) is 0 Å². The van der Waals surface area contributed by atoms with Gasteiger partial charge in [0.05, 0.1) is 91.5 Å². The summed E-state index contributed by atoms with van der Waals surface area (Å²) in [6.07, 6.45) is 0. The van der Waals surface area contributed by atoms with Crippen molar-refractivity contribution in [1.29, 1.82) is 0 Å². The highest BCUT2D eigenvalue weighted by Gasteiger charge is 2.23. The minimum atomic E-state index is -0.736. The van der Waals surface area contributed by atoms with Crippen LogP contribution in [-0.4, -0.2) is 272 Å². The van der Waals surface area contributed by atoms with Crippen molar-refractivity contribution in [3.05, 3.63) is 248 Å². The molecule has 0 unspecified atom stereocenters. The molecule has 0 spiro atoms. The molecule has 5 aliphatic rings. The number of carbonyl (C=O) groups excluding carboxylic acids is 1. The van der Waals surface area contributed by atoms with E-state index in [1.807, 2.05) is 42.5 Å². The molecule has 0 radical (unpaired) electrons. The van der Waals surface area contributed by atoms with Crippen LogP contribution in [0.4, 0.5) is 35.0 Å². The molecule has 0 saturated carbocycles. The molecule has 1 amide bonds. The van der Waals surface area contributed by atoms with Crippen molar-refractivity contribution in [2.45, 2.75) is 14.9 Å². The topological polar surface area (TPSA) is 387 Å². The standard InChI is InChI=1S/C25H32N6O.C19H27BrN6O.C14H16BrClN4O.C8H3BrCl2N2.C8H5BrN2O2.C8H4BrNO3.C7H7BrN2O.CH2I2.2CH4/c1-29-11-13-31(14-12-29)25-27-23-8-7-21(20-5-3-2-4-6-20)19-22(23)24(28-25)26-9-10-30-15-17-32-18-16-30;1-24-6-8-26(9-7-24)19-22-17-3-2-15(20)14-16(17)18(23-19)21-4-5-25-10-12-27-13-11-25;15-10-1-2-12-11(9-10)13(19-14(16)18-12)17-3-4-20-5-7-21-8-6-20;9-4-1-2-6-5(3-4)7(10)13-8(11)12-6;9-4-1-2-6-5(3-4)7(12)11-8(13)10-6;9-4-1-2-6-5(3-4)7(11)13-8(12)10-6;8-4-1-2-6(9)5(3-4)7(10)11;2-1-3;;/h2-8,19H,9-18H2,1H3,(H,26,27,28);2-3,14H,4-13H2,1H3,(H,21,22,23);1-2,9H,3-8H2,(H,17,18,19);1-3H;1-3H,(H2,10,11,12,13);1-3H,(H,10,12);1-3H,9H2,(H2,10,11);1H2;2*1H4. The maximum atomic E-state index is 11.3. The lowest BCUT2D eigenvalue weighted by Gasteiger charge is -2.32. The second-order valence-corrected chi connectivity index (χ2v) is 41.4. The molecule has 0 bridgehead atoms. The zero-order chi connectivity index (χ0) is 94.5. The summed E-state index contributed by atoms with van der Waals surface area (Å²) in [5, 5.41) is 16.1. The van der Waals surface area contributed by atoms with Crippen LogP contribution in [0.2, 0.25) is 15.7 Å². The van der Waals surface area contributed by atoms with E-state index in [9.17, 15) is 24.0 Å². The SMILES string of the molecule is C.C.CN1CCN(c2nc(NCCN3CCOCC3)c3cc(-c4ccccc4)ccc3n2)CC1.CN1CCN(c2nc(NCCN3CCOCC3)c3cc(Br)ccc3n2)CC1.Clc1nc(Cl)c2cc(Br)ccc2n1.Clc1nc(NCCN2CCOCC2)c2cc(Br)ccc2n1.ICI.NC(=O)c1cc(Br)ccc1N.O=c1[nH]c(=O)c2cc(Br)ccc2[nH]1.O=c1[nH]c2ccc(Br)cc2c(=O)o1. The Balaban J connectivity index is 0.000000167. The van der Waals surface area contributed by atoms with Gasteiger partial charge in [0, 0.05) is 185 Å². The van der Waals surface area contributed by atoms with Crippen molar-refractivity contribution < 1.29 is 23.4 Å². The van der Waals surface area contributed by atoms with E-state index in [4.69, 9.17) is 80.4 Å². The smallest absolute Gasteiger partial charge is 0.398 e.